The average Bonchev–Trinajstić information content (AvgIpc) is 2.10. The molecule has 0 radical (unpaired) electrons. The zero-order valence-electron chi connectivity index (χ0n) is 7.41. The molecular formula is C8H9Cl2OPS2. The first-order chi connectivity index (χ1) is 6.44. The summed E-state index contributed by atoms with van der Waals surface area (Å²) in [5.41, 5.74) is -2.04. The molecule has 0 aromatic heterocycles. The Kier molecular flexibility index (Phi) is 4.60. The molecule has 0 spiro atoms. The van der Waals surface area contributed by atoms with Gasteiger partial charge in [0.2, 0.25) is 0 Å². The van der Waals surface area contributed by atoms with Crippen molar-refractivity contribution in [1.82, 2.24) is 0 Å². The molecule has 0 aliphatic carbocycles. The van der Waals surface area contributed by atoms with Crippen LogP contribution in [0.2, 0.25) is 10.0 Å². The number of benzene rings is 1. The summed E-state index contributed by atoms with van der Waals surface area (Å²) in [4.78, 5) is 0. The van der Waals surface area contributed by atoms with E-state index in [9.17, 15) is 0 Å². The lowest BCUT2D eigenvalue weighted by Crippen LogP contribution is -1.89. The van der Waals surface area contributed by atoms with E-state index in [-0.39, 0.29) is 0 Å². The Morgan fingerprint density at radius 1 is 1.50 bits per heavy atom. The summed E-state index contributed by atoms with van der Waals surface area (Å²) in [5, 5.41) is 1.04. The van der Waals surface area contributed by atoms with Gasteiger partial charge < -0.3 is 4.52 Å². The van der Waals surface area contributed by atoms with Gasteiger partial charge in [-0.05, 0) is 30.0 Å². The number of halogens is 2. The first kappa shape index (κ1) is 12.7. The van der Waals surface area contributed by atoms with Gasteiger partial charge in [-0.3, -0.25) is 0 Å². The van der Waals surface area contributed by atoms with Gasteiger partial charge in [0.25, 0.3) is 0 Å². The monoisotopic (exact) mass is 286 g/mol. The third-order valence-corrected chi connectivity index (χ3v) is 5.44. The molecule has 1 nitrogen and oxygen atoms in total. The van der Waals surface area contributed by atoms with Crippen molar-refractivity contribution in [3.63, 3.8) is 0 Å². The van der Waals surface area contributed by atoms with Crippen molar-refractivity contribution in [2.75, 3.05) is 6.16 Å². The van der Waals surface area contributed by atoms with Crippen molar-refractivity contribution in [1.29, 1.82) is 0 Å². The highest BCUT2D eigenvalue weighted by Gasteiger charge is 2.12. The molecule has 0 heterocycles. The Balaban J connectivity index is 2.93. The van der Waals surface area contributed by atoms with Gasteiger partial charge in [0, 0.05) is 11.2 Å². The maximum atomic E-state index is 5.92. The number of thiol groups is 1. The van der Waals surface area contributed by atoms with Crippen molar-refractivity contribution < 1.29 is 4.52 Å². The van der Waals surface area contributed by atoms with Crippen LogP contribution in [-0.4, -0.2) is 6.16 Å². The summed E-state index contributed by atoms with van der Waals surface area (Å²) in [7, 11) is 0. The topological polar surface area (TPSA) is 9.23 Å². The second kappa shape index (κ2) is 5.09. The maximum absolute atomic E-state index is 5.92. The molecule has 0 saturated heterocycles. The van der Waals surface area contributed by atoms with E-state index in [0.29, 0.717) is 22.0 Å². The first-order valence-corrected chi connectivity index (χ1v) is 8.72. The molecule has 0 bridgehead atoms. The molecular weight excluding hydrogens is 278 g/mol. The standard InChI is InChI=1S/C8H9Cl2OPS2/c1-2-12(13,14)11-8-4-3-6(9)5-7(8)10/h3-5H,2H2,1H3,(H,13,14). The lowest BCUT2D eigenvalue weighted by atomic mass is 10.3. The fraction of sp³-hybridized carbons (Fsp3) is 0.250. The van der Waals surface area contributed by atoms with Crippen LogP contribution in [0, 0.1) is 0 Å². The van der Waals surface area contributed by atoms with Gasteiger partial charge in [0.1, 0.15) is 5.75 Å². The van der Waals surface area contributed by atoms with E-state index >= 15 is 0 Å². The smallest absolute Gasteiger partial charge is 0.164 e. The quantitative estimate of drug-likeness (QED) is 0.641. The highest BCUT2D eigenvalue weighted by molar-refractivity contribution is 8.61. The lowest BCUT2D eigenvalue weighted by Gasteiger charge is -2.16. The van der Waals surface area contributed by atoms with Crippen molar-refractivity contribution in [3.05, 3.63) is 28.2 Å². The third-order valence-electron chi connectivity index (χ3n) is 1.53. The van der Waals surface area contributed by atoms with Crippen LogP contribution < -0.4 is 4.52 Å². The second-order valence-corrected chi connectivity index (χ2v) is 10.1. The molecule has 0 aliphatic heterocycles. The second-order valence-electron chi connectivity index (χ2n) is 2.62. The van der Waals surface area contributed by atoms with Gasteiger partial charge in [0.05, 0.1) is 5.02 Å². The van der Waals surface area contributed by atoms with E-state index in [0.717, 1.165) is 0 Å². The Labute approximate surface area is 104 Å². The van der Waals surface area contributed by atoms with Gasteiger partial charge in [-0.25, -0.2) is 0 Å². The summed E-state index contributed by atoms with van der Waals surface area (Å²) in [6.07, 6.45) is 0.713. The van der Waals surface area contributed by atoms with Crippen LogP contribution in [0.25, 0.3) is 0 Å². The lowest BCUT2D eigenvalue weighted by molar-refractivity contribution is 0.626. The molecule has 6 heteroatoms. The predicted octanol–water partition coefficient (Wildman–Crippen LogP) is 4.63. The minimum atomic E-state index is -2.04. The SMILES string of the molecule is CCP(=S)(S)Oc1ccc(Cl)cc1Cl. The van der Waals surface area contributed by atoms with Crippen LogP contribution in [0.4, 0.5) is 0 Å². The third kappa shape index (κ3) is 3.63. The van der Waals surface area contributed by atoms with E-state index in [2.05, 4.69) is 12.2 Å². The largest absolute Gasteiger partial charge is 0.456 e. The van der Waals surface area contributed by atoms with Crippen LogP contribution in [-0.2, 0) is 11.8 Å². The van der Waals surface area contributed by atoms with Crippen LogP contribution in [0.15, 0.2) is 18.2 Å². The highest BCUT2D eigenvalue weighted by Crippen LogP contribution is 2.52. The molecule has 0 fully saturated rings. The molecule has 0 aliphatic rings. The first-order valence-electron chi connectivity index (χ1n) is 3.91. The fourth-order valence-electron chi connectivity index (χ4n) is 0.767. The van der Waals surface area contributed by atoms with Gasteiger partial charge in [-0.1, -0.05) is 30.1 Å². The van der Waals surface area contributed by atoms with E-state index in [1.54, 1.807) is 18.2 Å². The normalized spacial score (nSPS) is 14.9. The van der Waals surface area contributed by atoms with Crippen molar-refractivity contribution in [3.8, 4) is 5.75 Å². The van der Waals surface area contributed by atoms with Crippen molar-refractivity contribution in [2.24, 2.45) is 0 Å². The molecule has 78 valence electrons. The maximum Gasteiger partial charge on any atom is 0.164 e. The van der Waals surface area contributed by atoms with Crippen molar-refractivity contribution >= 4 is 52.7 Å². The summed E-state index contributed by atoms with van der Waals surface area (Å²) in [5.74, 6) is 0.552. The summed E-state index contributed by atoms with van der Waals surface area (Å²) in [6.45, 7) is 1.94. The molecule has 0 saturated carbocycles. The Morgan fingerprint density at radius 2 is 2.14 bits per heavy atom. The van der Waals surface area contributed by atoms with Crippen molar-refractivity contribution in [2.45, 2.75) is 6.92 Å². The molecule has 1 atom stereocenters. The summed E-state index contributed by atoms with van der Waals surface area (Å²) in [6, 6.07) is 5.04. The number of hydrogen-bond donors (Lipinski definition) is 1. The van der Waals surface area contributed by atoms with Crippen LogP contribution in [0.1, 0.15) is 6.92 Å². The summed E-state index contributed by atoms with van der Waals surface area (Å²) < 4.78 is 5.54. The zero-order valence-corrected chi connectivity index (χ0v) is 11.5. The minimum absolute atomic E-state index is 0.467. The molecule has 0 N–H and O–H groups in total. The zero-order chi connectivity index (χ0) is 10.8. The highest BCUT2D eigenvalue weighted by atomic mass is 35.5. The Hall–Kier alpha value is 0.600. The Bertz CT molecular complexity index is 384. The van der Waals surface area contributed by atoms with Crippen LogP contribution >= 0.6 is 40.9 Å². The molecule has 1 aromatic rings. The van der Waals surface area contributed by atoms with E-state index < -0.39 is 5.47 Å². The molecule has 14 heavy (non-hydrogen) atoms. The fourth-order valence-corrected chi connectivity index (χ4v) is 2.37. The van der Waals surface area contributed by atoms with Gasteiger partial charge >= 0.3 is 0 Å². The predicted molar refractivity (Wildman–Crippen MR) is 70.9 cm³/mol. The van der Waals surface area contributed by atoms with E-state index in [4.69, 9.17) is 39.5 Å². The molecule has 1 rings (SSSR count). The van der Waals surface area contributed by atoms with E-state index in [1.807, 2.05) is 6.92 Å². The van der Waals surface area contributed by atoms with Crippen LogP contribution in [0.5, 0.6) is 5.75 Å². The molecule has 0 amide bonds. The average molecular weight is 287 g/mol. The van der Waals surface area contributed by atoms with Gasteiger partial charge in [0.15, 0.2) is 5.47 Å². The van der Waals surface area contributed by atoms with Crippen LogP contribution in [0.3, 0.4) is 0 Å². The van der Waals surface area contributed by atoms with Gasteiger partial charge in [-0.2, -0.15) is 0 Å². The minimum Gasteiger partial charge on any atom is -0.456 e. The number of rotatable bonds is 3. The Morgan fingerprint density at radius 3 is 2.64 bits per heavy atom. The molecule has 1 aromatic carbocycles. The number of hydrogen-bond acceptors (Lipinski definition) is 2. The molecule has 1 unspecified atom stereocenters. The van der Waals surface area contributed by atoms with E-state index in [1.165, 1.54) is 0 Å². The summed E-state index contributed by atoms with van der Waals surface area (Å²) >= 11 is 21.1. The van der Waals surface area contributed by atoms with Gasteiger partial charge in [-0.15, -0.1) is 12.2 Å².